The second-order valence-corrected chi connectivity index (χ2v) is 9.32. The van der Waals surface area contributed by atoms with Crippen LogP contribution in [0.1, 0.15) is 75.2 Å². The first-order valence-electron chi connectivity index (χ1n) is 7.38. The van der Waals surface area contributed by atoms with E-state index in [0.29, 0.717) is 21.7 Å². The molecule has 0 aliphatic heterocycles. The Balaban J connectivity index is 4.72. The molecule has 0 aliphatic rings. The normalized spacial score (nSPS) is 14.8. The molecule has 0 aromatic rings. The van der Waals surface area contributed by atoms with Gasteiger partial charge in [0.05, 0.1) is 0 Å². The van der Waals surface area contributed by atoms with Crippen LogP contribution in [0.15, 0.2) is 0 Å². The summed E-state index contributed by atoms with van der Waals surface area (Å²) in [5.74, 6) is 0. The van der Waals surface area contributed by atoms with Crippen molar-refractivity contribution in [3.63, 3.8) is 0 Å². The molecule has 2 heteroatoms. The Labute approximate surface area is 122 Å². The lowest BCUT2D eigenvalue weighted by molar-refractivity contribution is 0.0576. The molecule has 0 saturated heterocycles. The second kappa shape index (κ2) is 5.81. The van der Waals surface area contributed by atoms with Gasteiger partial charge in [-0.1, -0.05) is 68.6 Å². The minimum Gasteiger partial charge on any atom is -0.232 e. The lowest BCUT2D eigenvalue weighted by Crippen LogP contribution is -2.36. The van der Waals surface area contributed by atoms with E-state index in [-0.39, 0.29) is 0 Å². The fourth-order valence-electron chi connectivity index (χ4n) is 1.96. The van der Waals surface area contributed by atoms with Crippen LogP contribution in [0, 0.1) is 21.7 Å². The Morgan fingerprint density at radius 2 is 1.06 bits per heavy atom. The topological polar surface area (TPSA) is 0 Å². The molecule has 0 saturated carbocycles. The van der Waals surface area contributed by atoms with Crippen LogP contribution < -0.4 is 0 Å². The van der Waals surface area contributed by atoms with E-state index >= 15 is 0 Å². The van der Waals surface area contributed by atoms with E-state index in [0.717, 1.165) is 6.56 Å². The minimum atomic E-state index is 0.364. The van der Waals surface area contributed by atoms with Crippen molar-refractivity contribution < 1.29 is 0 Å². The zero-order valence-corrected chi connectivity index (χ0v) is 15.2. The Bertz CT molecular complexity index is 259. The van der Waals surface area contributed by atoms with Crippen molar-refractivity contribution in [1.29, 1.82) is 0 Å². The van der Waals surface area contributed by atoms with Crippen molar-refractivity contribution >= 4 is 19.0 Å². The average molecular weight is 270 g/mol. The maximum absolute atomic E-state index is 4.42. The first kappa shape index (κ1) is 18.4. The van der Waals surface area contributed by atoms with E-state index in [4.69, 9.17) is 0 Å². The molecular formula is C16H35BS. The van der Waals surface area contributed by atoms with E-state index in [1.165, 1.54) is 19.2 Å². The highest BCUT2D eigenvalue weighted by molar-refractivity contribution is 8.06. The second-order valence-electron chi connectivity index (χ2n) is 8.88. The van der Waals surface area contributed by atoms with Gasteiger partial charge < -0.3 is 0 Å². The molecule has 0 spiro atoms. The highest BCUT2D eigenvalue weighted by Crippen LogP contribution is 2.49. The summed E-state index contributed by atoms with van der Waals surface area (Å²) in [6, 6.07) is 0. The van der Waals surface area contributed by atoms with Gasteiger partial charge in [-0.3, -0.25) is 0 Å². The highest BCUT2D eigenvalue weighted by Gasteiger charge is 2.39. The van der Waals surface area contributed by atoms with Gasteiger partial charge in [0.25, 0.3) is 0 Å². The van der Waals surface area contributed by atoms with Crippen molar-refractivity contribution in [2.24, 2.45) is 21.7 Å². The number of hydrogen-bond donors (Lipinski definition) is 1. The van der Waals surface area contributed by atoms with Gasteiger partial charge in [-0.15, -0.1) is 0 Å². The van der Waals surface area contributed by atoms with E-state index in [2.05, 4.69) is 74.8 Å². The fraction of sp³-hybridized carbons (Fsp3) is 1.00. The summed E-state index contributed by atoms with van der Waals surface area (Å²) in [7, 11) is 0. The third-order valence-electron chi connectivity index (χ3n) is 5.97. The van der Waals surface area contributed by atoms with E-state index in [1.807, 2.05) is 0 Å². The molecular weight excluding hydrogens is 235 g/mol. The average Bonchev–Trinajstić information content (AvgIpc) is 2.13. The standard InChI is InChI=1S/C16H35BS/c1-13(2,3)14(4,5)10-11-15(6,7)16(8,9)12-17-18/h17-18H,10-12H2,1-9H3. The van der Waals surface area contributed by atoms with Crippen LogP contribution >= 0.6 is 12.5 Å². The van der Waals surface area contributed by atoms with Gasteiger partial charge in [0.2, 0.25) is 0 Å². The first-order valence-corrected chi connectivity index (χ1v) is 8.01. The summed E-state index contributed by atoms with van der Waals surface area (Å²) < 4.78 is 0. The maximum Gasteiger partial charge on any atom is 0.187 e. The molecule has 0 heterocycles. The first-order chi connectivity index (χ1) is 7.77. The zero-order valence-electron chi connectivity index (χ0n) is 14.3. The lowest BCUT2D eigenvalue weighted by Gasteiger charge is -2.46. The molecule has 0 amide bonds. The Kier molecular flexibility index (Phi) is 5.95. The van der Waals surface area contributed by atoms with Crippen molar-refractivity contribution in [3.8, 4) is 0 Å². The summed E-state index contributed by atoms with van der Waals surface area (Å²) in [4.78, 5) is 0. The summed E-state index contributed by atoms with van der Waals surface area (Å²) >= 11 is 4.42. The molecule has 0 atom stereocenters. The van der Waals surface area contributed by atoms with Gasteiger partial charge >= 0.3 is 0 Å². The lowest BCUT2D eigenvalue weighted by atomic mass is 9.57. The van der Waals surface area contributed by atoms with Crippen LogP contribution in [0.3, 0.4) is 0 Å². The molecule has 0 rings (SSSR count). The molecule has 0 radical (unpaired) electrons. The Morgan fingerprint density at radius 3 is 1.39 bits per heavy atom. The fourth-order valence-corrected chi connectivity index (χ4v) is 2.52. The van der Waals surface area contributed by atoms with Crippen molar-refractivity contribution in [2.45, 2.75) is 81.5 Å². The Hall–Kier alpha value is 0.415. The predicted octanol–water partition coefficient (Wildman–Crippen LogP) is 5.59. The largest absolute Gasteiger partial charge is 0.232 e. The maximum atomic E-state index is 4.42. The van der Waals surface area contributed by atoms with Gasteiger partial charge in [-0.05, 0) is 34.5 Å². The molecule has 0 aromatic heterocycles. The number of rotatable bonds is 6. The molecule has 0 bridgehead atoms. The smallest absolute Gasteiger partial charge is 0.187 e. The summed E-state index contributed by atoms with van der Waals surface area (Å²) in [6.07, 6.45) is 3.77. The molecule has 108 valence electrons. The molecule has 0 aromatic carbocycles. The quantitative estimate of drug-likeness (QED) is 0.472. The number of hydrogen-bond acceptors (Lipinski definition) is 1. The molecule has 0 unspecified atom stereocenters. The van der Waals surface area contributed by atoms with E-state index in [9.17, 15) is 0 Å². The van der Waals surface area contributed by atoms with Gasteiger partial charge in [0, 0.05) is 0 Å². The minimum absolute atomic E-state index is 0.364. The SMILES string of the molecule is CC(C)(C)C(C)(C)CCC(C)(C)C(C)(C)CBS. The molecule has 0 N–H and O–H groups in total. The van der Waals surface area contributed by atoms with Crippen molar-refractivity contribution in [1.82, 2.24) is 0 Å². The highest BCUT2D eigenvalue weighted by atomic mass is 32.1. The summed E-state index contributed by atoms with van der Waals surface area (Å²) in [5.41, 5.74) is 1.50. The third kappa shape index (κ3) is 4.51. The van der Waals surface area contributed by atoms with E-state index < -0.39 is 0 Å². The van der Waals surface area contributed by atoms with Crippen LogP contribution in [0.5, 0.6) is 0 Å². The zero-order chi connectivity index (χ0) is 14.8. The van der Waals surface area contributed by atoms with Crippen molar-refractivity contribution in [2.75, 3.05) is 0 Å². The molecule has 0 nitrogen and oxygen atoms in total. The van der Waals surface area contributed by atoms with Crippen LogP contribution in [0.2, 0.25) is 6.32 Å². The summed E-state index contributed by atoms with van der Waals surface area (Å²) in [5, 5.41) is 0. The Morgan fingerprint density at radius 1 is 0.667 bits per heavy atom. The molecule has 0 fully saturated rings. The molecule has 0 aliphatic carbocycles. The third-order valence-corrected chi connectivity index (χ3v) is 6.20. The van der Waals surface area contributed by atoms with Gasteiger partial charge in [-0.25, -0.2) is 12.5 Å². The van der Waals surface area contributed by atoms with Gasteiger partial charge in [0.15, 0.2) is 6.56 Å². The number of thiol groups is 1. The van der Waals surface area contributed by atoms with Gasteiger partial charge in [0.1, 0.15) is 0 Å². The van der Waals surface area contributed by atoms with Crippen LogP contribution in [-0.4, -0.2) is 6.56 Å². The van der Waals surface area contributed by atoms with Crippen LogP contribution in [-0.2, 0) is 0 Å². The monoisotopic (exact) mass is 270 g/mol. The van der Waals surface area contributed by atoms with E-state index in [1.54, 1.807) is 0 Å². The van der Waals surface area contributed by atoms with Crippen LogP contribution in [0.25, 0.3) is 0 Å². The van der Waals surface area contributed by atoms with Gasteiger partial charge in [-0.2, -0.15) is 0 Å². The summed E-state index contributed by atoms with van der Waals surface area (Å²) in [6.45, 7) is 22.5. The predicted molar refractivity (Wildman–Crippen MR) is 91.0 cm³/mol. The molecule has 18 heavy (non-hydrogen) atoms. The van der Waals surface area contributed by atoms with Crippen molar-refractivity contribution in [3.05, 3.63) is 0 Å². The van der Waals surface area contributed by atoms with Crippen LogP contribution in [0.4, 0.5) is 0 Å².